The summed E-state index contributed by atoms with van der Waals surface area (Å²) in [6, 6.07) is 5.07. The van der Waals surface area contributed by atoms with E-state index in [9.17, 15) is 9.59 Å². The summed E-state index contributed by atoms with van der Waals surface area (Å²) in [5.41, 5.74) is 0.939. The lowest BCUT2D eigenvalue weighted by Crippen LogP contribution is -2.56. The Balaban J connectivity index is 2.00. The third-order valence-corrected chi connectivity index (χ3v) is 4.56. The molecule has 2 amide bonds. The Morgan fingerprint density at radius 1 is 1.32 bits per heavy atom. The highest BCUT2D eigenvalue weighted by molar-refractivity contribution is 5.88. The van der Waals surface area contributed by atoms with E-state index in [0.29, 0.717) is 44.3 Å². The molecule has 2 N–H and O–H groups in total. The molecule has 1 aromatic rings. The highest BCUT2D eigenvalue weighted by atomic mass is 16.5. The van der Waals surface area contributed by atoms with Crippen LogP contribution in [0.5, 0.6) is 11.5 Å². The van der Waals surface area contributed by atoms with Gasteiger partial charge >= 0.3 is 0 Å². The van der Waals surface area contributed by atoms with E-state index in [2.05, 4.69) is 10.6 Å². The van der Waals surface area contributed by atoms with E-state index < -0.39 is 6.04 Å². The van der Waals surface area contributed by atoms with Gasteiger partial charge in [0.2, 0.25) is 11.8 Å². The van der Waals surface area contributed by atoms with Gasteiger partial charge in [0.05, 0.1) is 39.4 Å². The maximum Gasteiger partial charge on any atom is 0.237 e. The van der Waals surface area contributed by atoms with Crippen molar-refractivity contribution in [3.05, 3.63) is 23.8 Å². The molecule has 1 saturated heterocycles. The third-order valence-electron chi connectivity index (χ3n) is 4.56. The third kappa shape index (κ3) is 6.38. The number of piperazine rings is 1. The van der Waals surface area contributed by atoms with Gasteiger partial charge in [-0.05, 0) is 19.9 Å². The fourth-order valence-electron chi connectivity index (χ4n) is 3.11. The van der Waals surface area contributed by atoms with Crippen LogP contribution in [0.15, 0.2) is 18.2 Å². The SMILES string of the molecule is COc1ccc(CN2CCNC(=O)C2CC(=O)NCCOC(C)C)c(OC)c1. The van der Waals surface area contributed by atoms with Crippen molar-refractivity contribution < 1.29 is 23.8 Å². The molecule has 2 rings (SSSR count). The number of benzene rings is 1. The molecule has 8 nitrogen and oxygen atoms in total. The topological polar surface area (TPSA) is 89.1 Å². The largest absolute Gasteiger partial charge is 0.497 e. The molecule has 0 aromatic heterocycles. The van der Waals surface area contributed by atoms with Gasteiger partial charge in [0.25, 0.3) is 0 Å². The van der Waals surface area contributed by atoms with Crippen molar-refractivity contribution >= 4 is 11.8 Å². The van der Waals surface area contributed by atoms with Crippen molar-refractivity contribution in [2.24, 2.45) is 0 Å². The second-order valence-electron chi connectivity index (χ2n) is 6.93. The van der Waals surface area contributed by atoms with Crippen LogP contribution < -0.4 is 20.1 Å². The van der Waals surface area contributed by atoms with E-state index in [-0.39, 0.29) is 24.3 Å². The predicted molar refractivity (Wildman–Crippen MR) is 105 cm³/mol. The molecule has 0 radical (unpaired) electrons. The number of ether oxygens (including phenoxy) is 3. The van der Waals surface area contributed by atoms with Gasteiger partial charge in [-0.2, -0.15) is 0 Å². The number of nitrogens with one attached hydrogen (secondary N) is 2. The quantitative estimate of drug-likeness (QED) is 0.575. The molecule has 28 heavy (non-hydrogen) atoms. The second-order valence-corrected chi connectivity index (χ2v) is 6.93. The highest BCUT2D eigenvalue weighted by Crippen LogP contribution is 2.27. The van der Waals surface area contributed by atoms with E-state index in [1.54, 1.807) is 14.2 Å². The van der Waals surface area contributed by atoms with Crippen LogP contribution in [0.4, 0.5) is 0 Å². The van der Waals surface area contributed by atoms with Gasteiger partial charge in [-0.1, -0.05) is 6.07 Å². The molecule has 8 heteroatoms. The molecule has 1 unspecified atom stereocenters. The van der Waals surface area contributed by atoms with Crippen molar-refractivity contribution in [3.63, 3.8) is 0 Å². The van der Waals surface area contributed by atoms with Crippen molar-refractivity contribution in [3.8, 4) is 11.5 Å². The number of methoxy groups -OCH3 is 2. The number of hydrogen-bond acceptors (Lipinski definition) is 6. The fourth-order valence-corrected chi connectivity index (χ4v) is 3.11. The first-order chi connectivity index (χ1) is 13.4. The van der Waals surface area contributed by atoms with Crippen LogP contribution in [0.1, 0.15) is 25.8 Å². The molecule has 1 aliphatic heterocycles. The molecule has 156 valence electrons. The minimum atomic E-state index is -0.522. The Morgan fingerprint density at radius 2 is 2.11 bits per heavy atom. The first-order valence-electron chi connectivity index (χ1n) is 9.55. The molecule has 1 fully saturated rings. The van der Waals surface area contributed by atoms with Crippen molar-refractivity contribution in [1.29, 1.82) is 0 Å². The Hall–Kier alpha value is -2.32. The zero-order valence-corrected chi connectivity index (χ0v) is 17.1. The smallest absolute Gasteiger partial charge is 0.237 e. The first kappa shape index (κ1) is 22.0. The van der Waals surface area contributed by atoms with Gasteiger partial charge in [-0.25, -0.2) is 0 Å². The molecule has 0 spiro atoms. The van der Waals surface area contributed by atoms with Crippen molar-refractivity contribution in [2.75, 3.05) is 40.5 Å². The molecule has 1 atom stereocenters. The summed E-state index contributed by atoms with van der Waals surface area (Å²) in [6.07, 6.45) is 0.224. The average Bonchev–Trinajstić information content (AvgIpc) is 2.68. The maximum atomic E-state index is 12.4. The zero-order chi connectivity index (χ0) is 20.5. The van der Waals surface area contributed by atoms with Crippen LogP contribution in [0.3, 0.4) is 0 Å². The number of nitrogens with zero attached hydrogens (tertiary/aromatic N) is 1. The Labute approximate surface area is 166 Å². The number of carbonyl (C=O) groups excluding carboxylic acids is 2. The molecule has 1 aliphatic rings. The molecule has 0 aliphatic carbocycles. The average molecular weight is 393 g/mol. The summed E-state index contributed by atoms with van der Waals surface area (Å²) in [5.74, 6) is 1.10. The molecule has 1 aromatic carbocycles. The highest BCUT2D eigenvalue weighted by Gasteiger charge is 2.32. The molecule has 0 bridgehead atoms. The normalized spacial score (nSPS) is 17.3. The molecule has 1 heterocycles. The van der Waals surface area contributed by atoms with Gasteiger partial charge in [0.15, 0.2) is 0 Å². The van der Waals surface area contributed by atoms with E-state index in [4.69, 9.17) is 14.2 Å². The summed E-state index contributed by atoms with van der Waals surface area (Å²) in [7, 11) is 3.20. The van der Waals surface area contributed by atoms with Crippen LogP contribution in [0.25, 0.3) is 0 Å². The summed E-state index contributed by atoms with van der Waals surface area (Å²) in [4.78, 5) is 26.7. The molecular formula is C20H31N3O5. The summed E-state index contributed by atoms with van der Waals surface area (Å²) in [5, 5.41) is 5.66. The van der Waals surface area contributed by atoms with E-state index in [1.165, 1.54) is 0 Å². The monoisotopic (exact) mass is 393 g/mol. The number of rotatable bonds is 10. The van der Waals surface area contributed by atoms with E-state index in [1.807, 2.05) is 36.9 Å². The predicted octanol–water partition coefficient (Wildman–Crippen LogP) is 0.936. The zero-order valence-electron chi connectivity index (χ0n) is 17.1. The lowest BCUT2D eigenvalue weighted by molar-refractivity contribution is -0.134. The van der Waals surface area contributed by atoms with Gasteiger partial charge < -0.3 is 24.8 Å². The van der Waals surface area contributed by atoms with Crippen LogP contribution in [-0.2, 0) is 20.9 Å². The minimum absolute atomic E-state index is 0.103. The van der Waals surface area contributed by atoms with Gasteiger partial charge in [-0.15, -0.1) is 0 Å². The van der Waals surface area contributed by atoms with Crippen molar-refractivity contribution in [2.45, 2.75) is 39.0 Å². The van der Waals surface area contributed by atoms with Gasteiger partial charge in [0.1, 0.15) is 11.5 Å². The maximum absolute atomic E-state index is 12.4. The Morgan fingerprint density at radius 3 is 2.79 bits per heavy atom. The van der Waals surface area contributed by atoms with E-state index in [0.717, 1.165) is 5.56 Å². The fraction of sp³-hybridized carbons (Fsp3) is 0.600. The Kier molecular flexibility index (Phi) is 8.53. The van der Waals surface area contributed by atoms with E-state index >= 15 is 0 Å². The summed E-state index contributed by atoms with van der Waals surface area (Å²) in [6.45, 7) is 6.49. The summed E-state index contributed by atoms with van der Waals surface area (Å²) < 4.78 is 16.1. The number of amides is 2. The van der Waals surface area contributed by atoms with Crippen LogP contribution in [0.2, 0.25) is 0 Å². The van der Waals surface area contributed by atoms with Crippen LogP contribution >= 0.6 is 0 Å². The lowest BCUT2D eigenvalue weighted by Gasteiger charge is -2.35. The first-order valence-corrected chi connectivity index (χ1v) is 9.55. The van der Waals surface area contributed by atoms with Crippen molar-refractivity contribution in [1.82, 2.24) is 15.5 Å². The molecular weight excluding hydrogens is 362 g/mol. The van der Waals surface area contributed by atoms with Gasteiger partial charge in [0, 0.05) is 37.8 Å². The minimum Gasteiger partial charge on any atom is -0.497 e. The summed E-state index contributed by atoms with van der Waals surface area (Å²) >= 11 is 0. The number of hydrogen-bond donors (Lipinski definition) is 2. The van der Waals surface area contributed by atoms with Crippen LogP contribution in [0, 0.1) is 0 Å². The Bertz CT molecular complexity index is 665. The second kappa shape index (κ2) is 10.9. The number of carbonyl (C=O) groups is 2. The standard InChI is InChI=1S/C20H31N3O5/c1-14(2)28-10-8-21-19(24)12-17-20(25)22-7-9-23(17)13-15-5-6-16(26-3)11-18(15)27-4/h5-6,11,14,17H,7-10,12-13H2,1-4H3,(H,21,24)(H,22,25). The lowest BCUT2D eigenvalue weighted by atomic mass is 10.1. The van der Waals surface area contributed by atoms with Gasteiger partial charge in [-0.3, -0.25) is 14.5 Å². The molecule has 0 saturated carbocycles. The van der Waals surface area contributed by atoms with Crippen LogP contribution in [-0.4, -0.2) is 69.3 Å².